The number of hydrogen-bond donors (Lipinski definition) is 1. The number of fused-ring (bicyclic) bond motifs is 3. The van der Waals surface area contributed by atoms with Crippen molar-refractivity contribution >= 4 is 128 Å². The number of rotatable bonds is 55. The lowest BCUT2D eigenvalue weighted by atomic mass is 9.82. The minimum absolute atomic E-state index is 0.318. The summed E-state index contributed by atoms with van der Waals surface area (Å²) in [5.41, 5.74) is 5.43. The minimum Gasteiger partial charge on any atom is -0.494 e. The fourth-order valence-corrected chi connectivity index (χ4v) is 19.4. The molecular weight excluding hydrogens is 1740 g/mol. The first-order valence-corrected chi connectivity index (χ1v) is 51.3. The van der Waals surface area contributed by atoms with Crippen molar-refractivity contribution in [3.63, 3.8) is 0 Å². The van der Waals surface area contributed by atoms with Crippen molar-refractivity contribution in [1.29, 1.82) is 0 Å². The van der Waals surface area contributed by atoms with Crippen LogP contribution in [0.1, 0.15) is 252 Å². The summed E-state index contributed by atoms with van der Waals surface area (Å²) in [5, 5.41) is 18.8. The molecule has 2 aliphatic rings. The third-order valence-corrected chi connectivity index (χ3v) is 28.2. The number of carbonyl (C=O) groups excluding carboxylic acids is 6. The highest BCUT2D eigenvalue weighted by atomic mass is 32.1. The Hall–Kier alpha value is -11.2. The summed E-state index contributed by atoms with van der Waals surface area (Å²) >= 11 is 4.84. The van der Waals surface area contributed by atoms with Crippen LogP contribution in [0.3, 0.4) is 0 Å². The number of nitrogens with two attached hydrogens (primary N) is 1. The Labute approximate surface area is 803 Å². The highest BCUT2D eigenvalue weighted by Gasteiger charge is 2.35. The number of benzene rings is 7. The van der Waals surface area contributed by atoms with Gasteiger partial charge in [-0.25, -0.2) is 40.4 Å². The van der Waals surface area contributed by atoms with E-state index in [0.29, 0.717) is 154 Å². The molecule has 26 heteroatoms. The van der Waals surface area contributed by atoms with Crippen molar-refractivity contribution in [1.82, 2.24) is 15.0 Å². The molecule has 10 aromatic rings. The van der Waals surface area contributed by atoms with Gasteiger partial charge in [0.05, 0.1) is 93.2 Å². The molecule has 23 nitrogen and oxygen atoms in total. The van der Waals surface area contributed by atoms with Gasteiger partial charge in [0.15, 0.2) is 0 Å². The van der Waals surface area contributed by atoms with Crippen LogP contribution in [0.2, 0.25) is 0 Å². The van der Waals surface area contributed by atoms with Crippen LogP contribution in [0.15, 0.2) is 193 Å². The first-order valence-electron chi connectivity index (χ1n) is 48.8. The number of esters is 6. The van der Waals surface area contributed by atoms with Gasteiger partial charge in [-0.3, -0.25) is 24.2 Å². The number of hydrazine groups is 1. The average molecular weight is 1880 g/mol. The lowest BCUT2D eigenvalue weighted by Crippen LogP contribution is -2.35. The van der Waals surface area contributed by atoms with Crippen LogP contribution >= 0.6 is 34.0 Å². The topological polar surface area (TPSA) is 275 Å². The average Bonchev–Trinajstić information content (AvgIpc) is 1.27. The van der Waals surface area contributed by atoms with E-state index in [2.05, 4.69) is 77.9 Å². The van der Waals surface area contributed by atoms with Gasteiger partial charge in [0.2, 0.25) is 15.4 Å². The van der Waals surface area contributed by atoms with Gasteiger partial charge >= 0.3 is 35.8 Å². The summed E-state index contributed by atoms with van der Waals surface area (Å²) in [5.74, 6) is 6.24. The van der Waals surface area contributed by atoms with Crippen molar-refractivity contribution in [3.8, 4) is 45.6 Å². The van der Waals surface area contributed by atoms with E-state index < -0.39 is 47.5 Å². The van der Waals surface area contributed by atoms with Crippen LogP contribution in [0.25, 0.3) is 41.8 Å². The quantitative estimate of drug-likeness (QED) is 0.00705. The van der Waals surface area contributed by atoms with E-state index in [-0.39, 0.29) is 11.9 Å². The molecule has 7 aromatic carbocycles. The Bertz CT molecular complexity index is 5010. The smallest absolute Gasteiger partial charge is 0.330 e. The number of hydrogen-bond acceptors (Lipinski definition) is 26. The summed E-state index contributed by atoms with van der Waals surface area (Å²) in [4.78, 5) is 93.9. The van der Waals surface area contributed by atoms with Crippen molar-refractivity contribution in [2.75, 3.05) is 61.1 Å². The normalized spacial score (nSPS) is 15.6. The van der Waals surface area contributed by atoms with Crippen molar-refractivity contribution in [2.24, 2.45) is 57.5 Å². The van der Waals surface area contributed by atoms with E-state index in [0.717, 1.165) is 187 Å². The zero-order valence-electron chi connectivity index (χ0n) is 79.2. The third kappa shape index (κ3) is 33.1. The number of thiazole rings is 3. The molecule has 2 aliphatic carbocycles. The fraction of sp³-hybridized carbons (Fsp3) is 0.472. The SMILES string of the molecule is C=CC(=O)OCCCCCCOc1ccc(OC(=O)C2CCC(C(=O)Oc3ccc(-c4ccc(OC(=O)C5CCC(C(=O)Oc6ccc(OCCCCCCOC(=O)C=C)cc6)CC5)c(/C=N/N(CC(CC)CCCCC)c5nc6ccccc6s5)c4)cc3/C=N/N(CC(CC)CCCCC)c3nc4ccccc4s3)CC2)cc1.CCCCCC(CC)CN(N)c1nc2ccccc2s1. The molecule has 3 atom stereocenters. The Kier molecular flexibility index (Phi) is 43.4. The van der Waals surface area contributed by atoms with Gasteiger partial charge in [0, 0.05) is 42.9 Å². The minimum atomic E-state index is -0.480. The molecule has 12 rings (SSSR count). The lowest BCUT2D eigenvalue weighted by molar-refractivity contribution is -0.145. The zero-order valence-corrected chi connectivity index (χ0v) is 81.7. The molecule has 0 aliphatic heterocycles. The Morgan fingerprint density at radius 3 is 1.05 bits per heavy atom. The second kappa shape index (κ2) is 56.2. The number of aromatic nitrogens is 3. The molecule has 0 bridgehead atoms. The predicted octanol–water partition coefficient (Wildman–Crippen LogP) is 26.0. The molecule has 2 saturated carbocycles. The first kappa shape index (κ1) is 103. The Morgan fingerprint density at radius 1 is 0.388 bits per heavy atom. The summed E-state index contributed by atoms with van der Waals surface area (Å²) in [6.07, 6.45) is 33.3. The van der Waals surface area contributed by atoms with E-state index in [4.69, 9.17) is 63.9 Å². The molecule has 3 heterocycles. The van der Waals surface area contributed by atoms with E-state index in [1.54, 1.807) is 95.0 Å². The maximum absolute atomic E-state index is 14.6. The summed E-state index contributed by atoms with van der Waals surface area (Å²) < 4.78 is 50.0. The molecule has 0 radical (unpaired) electrons. The lowest BCUT2D eigenvalue weighted by Gasteiger charge is -2.26. The molecule has 2 N–H and O–H groups in total. The third-order valence-electron chi connectivity index (χ3n) is 25.0. The second-order valence-corrected chi connectivity index (χ2v) is 38.0. The molecule has 3 aromatic heterocycles. The zero-order chi connectivity index (χ0) is 94.6. The number of nitrogens with zero attached hydrogens (tertiary/aromatic N) is 8. The maximum Gasteiger partial charge on any atom is 0.330 e. The number of anilines is 3. The monoisotopic (exact) mass is 1880 g/mol. The van der Waals surface area contributed by atoms with Crippen molar-refractivity contribution in [2.45, 2.75) is 241 Å². The van der Waals surface area contributed by atoms with Gasteiger partial charge in [-0.05, 0) is 260 Å². The maximum atomic E-state index is 14.6. The largest absolute Gasteiger partial charge is 0.494 e. The predicted molar refractivity (Wildman–Crippen MR) is 542 cm³/mol. The van der Waals surface area contributed by atoms with Gasteiger partial charge in [-0.2, -0.15) is 10.2 Å². The van der Waals surface area contributed by atoms with Crippen LogP contribution < -0.4 is 49.3 Å². The van der Waals surface area contributed by atoms with Crippen LogP contribution in [-0.2, 0) is 38.2 Å². The number of carbonyl (C=O) groups is 6. The number of ether oxygens (including phenoxy) is 8. The van der Waals surface area contributed by atoms with Crippen molar-refractivity contribution in [3.05, 3.63) is 194 Å². The first-order chi connectivity index (χ1) is 65.4. The second-order valence-electron chi connectivity index (χ2n) is 35.0. The highest BCUT2D eigenvalue weighted by Crippen LogP contribution is 2.40. The molecular formula is C108H137N9O14S3. The molecule has 716 valence electrons. The van der Waals surface area contributed by atoms with Gasteiger partial charge in [-0.1, -0.05) is 214 Å². The van der Waals surface area contributed by atoms with Gasteiger partial charge < -0.3 is 37.9 Å². The van der Waals surface area contributed by atoms with E-state index in [1.807, 2.05) is 106 Å². The van der Waals surface area contributed by atoms with Crippen molar-refractivity contribution < 1.29 is 66.7 Å². The summed E-state index contributed by atoms with van der Waals surface area (Å²) in [6.45, 7) is 24.2. The van der Waals surface area contributed by atoms with Crippen LogP contribution in [0.5, 0.6) is 34.5 Å². The van der Waals surface area contributed by atoms with Crippen LogP contribution in [-0.4, -0.2) is 109 Å². The van der Waals surface area contributed by atoms with Crippen LogP contribution in [0, 0.1) is 41.4 Å². The number of para-hydroxylation sites is 3. The Balaban J connectivity index is 0.000000760. The Morgan fingerprint density at radius 2 is 0.709 bits per heavy atom. The molecule has 134 heavy (non-hydrogen) atoms. The molecule has 2 fully saturated rings. The van der Waals surface area contributed by atoms with Gasteiger partial charge in [0.1, 0.15) is 34.5 Å². The molecule has 0 spiro atoms. The molecule has 3 unspecified atom stereocenters. The highest BCUT2D eigenvalue weighted by molar-refractivity contribution is 7.23. The van der Waals surface area contributed by atoms with E-state index >= 15 is 0 Å². The summed E-state index contributed by atoms with van der Waals surface area (Å²) in [7, 11) is 0. The fourth-order valence-electron chi connectivity index (χ4n) is 16.6. The summed E-state index contributed by atoms with van der Waals surface area (Å²) in [6, 6.07) is 49.8. The van der Waals surface area contributed by atoms with Gasteiger partial charge in [-0.15, -0.1) is 0 Å². The number of hydrazone groups is 2. The molecule has 0 amide bonds. The number of unbranched alkanes of at least 4 members (excludes halogenated alkanes) is 12. The van der Waals surface area contributed by atoms with Crippen LogP contribution in [0.4, 0.5) is 15.4 Å². The standard InChI is InChI=1S/C92H112N6O14S2.C16H25N3S/c1-7-13-19-29-65(9-3)63-97(91-95-79-31-21-23-33-83(79)113-91)93-61-73-59-71(43-53-81(73)111-89(103)69-39-35-67(36-40-69)87(101)109-77-49-45-75(46-50-77)105-55-25-15-17-27-57-107-85(99)11-5)72-44-54-82(74(60-72)62-94-98(64-66(10-4)30-20-14-8-2)92-96-80-32-22-24-34-84(80)114-92)112-90(104)70-41-37-68(38-42-70)88(102)110-78-51-47-76(48-52-78)106-56-26-16-18-28-58-108-86(100)12-6;1-3-5-6-9-13(4-2)12-19(17)16-18-14-10-7-8-11-15(14)20-16/h11-12,21-24,31-34,43-54,59-62,65-70H,5-10,13-20,25-30,35-42,55-58,63-64H2,1-4H3;7-8,10-11,13H,3-6,9,12,17H2,1-2H3/b93-61+,94-62+;. The van der Waals surface area contributed by atoms with Gasteiger partial charge in [0.25, 0.3) is 0 Å². The van der Waals surface area contributed by atoms with E-state index in [9.17, 15) is 28.8 Å². The molecule has 0 saturated heterocycles. The van der Waals surface area contributed by atoms with E-state index in [1.165, 1.54) is 36.8 Å².